The molecular weight excluding hydrogens is 220 g/mol. The van der Waals surface area contributed by atoms with E-state index in [9.17, 15) is 0 Å². The molecule has 1 aromatic rings. The third-order valence-electron chi connectivity index (χ3n) is 2.51. The SMILES string of the molecule is CCN(C)CCNCc1ccc(CSC)o1. The summed E-state index contributed by atoms with van der Waals surface area (Å²) in [4.78, 5) is 2.29. The van der Waals surface area contributed by atoms with Crippen LogP contribution >= 0.6 is 11.8 Å². The lowest BCUT2D eigenvalue weighted by Gasteiger charge is -2.13. The first kappa shape index (κ1) is 13.6. The Morgan fingerprint density at radius 3 is 2.81 bits per heavy atom. The Balaban J connectivity index is 2.16. The van der Waals surface area contributed by atoms with Gasteiger partial charge in [-0.1, -0.05) is 6.92 Å². The van der Waals surface area contributed by atoms with E-state index in [1.807, 2.05) is 0 Å². The van der Waals surface area contributed by atoms with Crippen molar-refractivity contribution in [3.05, 3.63) is 23.7 Å². The molecule has 0 spiro atoms. The van der Waals surface area contributed by atoms with Crippen LogP contribution < -0.4 is 5.32 Å². The summed E-state index contributed by atoms with van der Waals surface area (Å²) in [6, 6.07) is 4.12. The molecule has 3 nitrogen and oxygen atoms in total. The number of hydrogen-bond acceptors (Lipinski definition) is 4. The average Bonchev–Trinajstić information content (AvgIpc) is 2.72. The second-order valence-corrected chi connectivity index (χ2v) is 4.74. The molecule has 1 aromatic heterocycles. The monoisotopic (exact) mass is 242 g/mol. The number of nitrogens with one attached hydrogen (secondary N) is 1. The van der Waals surface area contributed by atoms with E-state index in [4.69, 9.17) is 4.42 Å². The molecule has 92 valence electrons. The molecule has 0 saturated carbocycles. The van der Waals surface area contributed by atoms with Crippen molar-refractivity contribution in [2.24, 2.45) is 0 Å². The quantitative estimate of drug-likeness (QED) is 0.707. The van der Waals surface area contributed by atoms with Gasteiger partial charge in [-0.05, 0) is 32.0 Å². The van der Waals surface area contributed by atoms with Crippen molar-refractivity contribution in [1.82, 2.24) is 10.2 Å². The zero-order valence-corrected chi connectivity index (χ0v) is 11.3. The van der Waals surface area contributed by atoms with Crippen molar-refractivity contribution in [1.29, 1.82) is 0 Å². The van der Waals surface area contributed by atoms with Gasteiger partial charge in [0.25, 0.3) is 0 Å². The minimum atomic E-state index is 0.825. The van der Waals surface area contributed by atoms with Crippen LogP contribution in [0.25, 0.3) is 0 Å². The molecule has 1 heterocycles. The zero-order chi connectivity index (χ0) is 11.8. The normalized spacial score (nSPS) is 11.2. The predicted octanol–water partition coefficient (Wildman–Crippen LogP) is 2.18. The van der Waals surface area contributed by atoms with Gasteiger partial charge in [0.1, 0.15) is 11.5 Å². The molecule has 0 radical (unpaired) electrons. The zero-order valence-electron chi connectivity index (χ0n) is 10.5. The number of rotatable bonds is 8. The van der Waals surface area contributed by atoms with Crippen molar-refractivity contribution in [2.75, 3.05) is 32.9 Å². The summed E-state index contributed by atoms with van der Waals surface area (Å²) in [5.74, 6) is 3.05. The fourth-order valence-corrected chi connectivity index (χ4v) is 1.82. The Morgan fingerprint density at radius 1 is 1.38 bits per heavy atom. The second kappa shape index (κ2) is 7.76. The Labute approximate surface area is 103 Å². The highest BCUT2D eigenvalue weighted by molar-refractivity contribution is 7.97. The molecule has 0 aliphatic carbocycles. The van der Waals surface area contributed by atoms with Crippen LogP contribution in [-0.2, 0) is 12.3 Å². The Morgan fingerprint density at radius 2 is 2.12 bits per heavy atom. The van der Waals surface area contributed by atoms with Gasteiger partial charge in [-0.3, -0.25) is 0 Å². The third kappa shape index (κ3) is 5.05. The van der Waals surface area contributed by atoms with Gasteiger partial charge in [0.05, 0.1) is 12.3 Å². The van der Waals surface area contributed by atoms with Gasteiger partial charge in [0.15, 0.2) is 0 Å². The van der Waals surface area contributed by atoms with Crippen LogP contribution in [0.4, 0.5) is 0 Å². The highest BCUT2D eigenvalue weighted by atomic mass is 32.2. The van der Waals surface area contributed by atoms with Gasteiger partial charge in [0, 0.05) is 13.1 Å². The topological polar surface area (TPSA) is 28.4 Å². The van der Waals surface area contributed by atoms with E-state index < -0.39 is 0 Å². The van der Waals surface area contributed by atoms with E-state index in [-0.39, 0.29) is 0 Å². The number of thioether (sulfide) groups is 1. The molecule has 0 atom stereocenters. The number of furan rings is 1. The lowest BCUT2D eigenvalue weighted by molar-refractivity contribution is 0.344. The minimum Gasteiger partial charge on any atom is -0.464 e. The van der Waals surface area contributed by atoms with E-state index >= 15 is 0 Å². The maximum atomic E-state index is 5.66. The molecule has 0 aromatic carbocycles. The second-order valence-electron chi connectivity index (χ2n) is 3.87. The maximum Gasteiger partial charge on any atom is 0.118 e. The predicted molar refractivity (Wildman–Crippen MR) is 70.8 cm³/mol. The number of nitrogens with zero attached hydrogens (tertiary/aromatic N) is 1. The summed E-state index contributed by atoms with van der Waals surface area (Å²) in [5, 5.41) is 3.38. The molecule has 0 fully saturated rings. The molecule has 0 aliphatic rings. The van der Waals surface area contributed by atoms with Gasteiger partial charge < -0.3 is 14.6 Å². The molecule has 0 bridgehead atoms. The number of hydrogen-bond donors (Lipinski definition) is 1. The Bertz CT molecular complexity index is 288. The molecule has 1 N–H and O–H groups in total. The first-order chi connectivity index (χ1) is 7.76. The van der Waals surface area contributed by atoms with E-state index in [2.05, 4.69) is 42.6 Å². The first-order valence-electron chi connectivity index (χ1n) is 5.72. The summed E-state index contributed by atoms with van der Waals surface area (Å²) in [6.07, 6.45) is 2.08. The van der Waals surface area contributed by atoms with Crippen LogP contribution in [0, 0.1) is 0 Å². The molecular formula is C12H22N2OS. The summed E-state index contributed by atoms with van der Waals surface area (Å²) in [6.45, 7) is 6.17. The van der Waals surface area contributed by atoms with Crippen molar-refractivity contribution < 1.29 is 4.42 Å². The van der Waals surface area contributed by atoms with Crippen LogP contribution in [-0.4, -0.2) is 37.8 Å². The van der Waals surface area contributed by atoms with Crippen molar-refractivity contribution in [2.45, 2.75) is 19.2 Å². The van der Waals surface area contributed by atoms with Gasteiger partial charge in [-0.2, -0.15) is 11.8 Å². The van der Waals surface area contributed by atoms with E-state index in [0.717, 1.165) is 43.5 Å². The highest BCUT2D eigenvalue weighted by Crippen LogP contribution is 2.12. The lowest BCUT2D eigenvalue weighted by atomic mass is 10.4. The van der Waals surface area contributed by atoms with Crippen molar-refractivity contribution in [3.63, 3.8) is 0 Å². The van der Waals surface area contributed by atoms with Gasteiger partial charge in [-0.15, -0.1) is 0 Å². The lowest BCUT2D eigenvalue weighted by Crippen LogP contribution is -2.28. The summed E-state index contributed by atoms with van der Waals surface area (Å²) < 4.78 is 5.66. The number of likely N-dealkylation sites (N-methyl/N-ethyl adjacent to an activating group) is 1. The minimum absolute atomic E-state index is 0.825. The van der Waals surface area contributed by atoms with E-state index in [0.29, 0.717) is 0 Å². The van der Waals surface area contributed by atoms with E-state index in [1.54, 1.807) is 11.8 Å². The van der Waals surface area contributed by atoms with E-state index in [1.165, 1.54) is 0 Å². The van der Waals surface area contributed by atoms with Gasteiger partial charge >= 0.3 is 0 Å². The summed E-state index contributed by atoms with van der Waals surface area (Å²) in [5.41, 5.74) is 0. The van der Waals surface area contributed by atoms with Crippen LogP contribution in [0.3, 0.4) is 0 Å². The standard InChI is InChI=1S/C12H22N2OS/c1-4-14(2)8-7-13-9-11-5-6-12(15-11)10-16-3/h5-6,13H,4,7-10H2,1-3H3. The largest absolute Gasteiger partial charge is 0.464 e. The Kier molecular flexibility index (Phi) is 6.61. The Hall–Kier alpha value is -0.450. The summed E-state index contributed by atoms with van der Waals surface area (Å²) >= 11 is 1.78. The molecule has 0 amide bonds. The summed E-state index contributed by atoms with van der Waals surface area (Å²) in [7, 11) is 2.13. The van der Waals surface area contributed by atoms with Gasteiger partial charge in [-0.25, -0.2) is 0 Å². The maximum absolute atomic E-state index is 5.66. The highest BCUT2D eigenvalue weighted by Gasteiger charge is 2.01. The molecule has 4 heteroatoms. The molecule has 1 rings (SSSR count). The smallest absolute Gasteiger partial charge is 0.118 e. The van der Waals surface area contributed by atoms with Crippen molar-refractivity contribution >= 4 is 11.8 Å². The van der Waals surface area contributed by atoms with Crippen LogP contribution in [0.2, 0.25) is 0 Å². The van der Waals surface area contributed by atoms with Crippen LogP contribution in [0.1, 0.15) is 18.4 Å². The van der Waals surface area contributed by atoms with Gasteiger partial charge in [0.2, 0.25) is 0 Å². The van der Waals surface area contributed by atoms with Crippen molar-refractivity contribution in [3.8, 4) is 0 Å². The molecule has 0 saturated heterocycles. The first-order valence-corrected chi connectivity index (χ1v) is 7.11. The average molecular weight is 242 g/mol. The van der Waals surface area contributed by atoms with Crippen LogP contribution in [0.15, 0.2) is 16.5 Å². The molecule has 0 unspecified atom stereocenters. The van der Waals surface area contributed by atoms with Crippen LogP contribution in [0.5, 0.6) is 0 Å². The fourth-order valence-electron chi connectivity index (χ4n) is 1.38. The molecule has 16 heavy (non-hydrogen) atoms. The third-order valence-corrected chi connectivity index (χ3v) is 3.09. The fraction of sp³-hybridized carbons (Fsp3) is 0.667. The molecule has 0 aliphatic heterocycles.